The summed E-state index contributed by atoms with van der Waals surface area (Å²) >= 11 is 0. The van der Waals surface area contributed by atoms with Crippen molar-refractivity contribution in [2.75, 3.05) is 13.2 Å². The van der Waals surface area contributed by atoms with E-state index in [4.69, 9.17) is 4.74 Å². The fraction of sp³-hybridized carbons (Fsp3) is 0.967. The SMILES string of the molecule is CCCCCCCCCCCCCCCCCCCCCCCC(O)C(CO)NC(=O)CCCCCCCCCCCCCCCCCOC(=O)CCCCCCCCCCCCCCC. The third kappa shape index (κ3) is 52.2. The fourth-order valence-corrected chi connectivity index (χ4v) is 9.76. The topological polar surface area (TPSA) is 95.9 Å². The number of unbranched alkanes of at least 4 members (excludes halogenated alkanes) is 46. The lowest BCUT2D eigenvalue weighted by Crippen LogP contribution is -2.45. The lowest BCUT2D eigenvalue weighted by molar-refractivity contribution is -0.143. The maximum Gasteiger partial charge on any atom is 0.305 e. The van der Waals surface area contributed by atoms with Crippen LogP contribution in [0.2, 0.25) is 0 Å². The first-order valence-corrected chi connectivity index (χ1v) is 30.3. The van der Waals surface area contributed by atoms with Crippen LogP contribution in [0.1, 0.15) is 348 Å². The molecule has 0 aliphatic heterocycles. The molecule has 0 aliphatic carbocycles. The fourth-order valence-electron chi connectivity index (χ4n) is 9.76. The molecule has 0 spiro atoms. The number of hydrogen-bond donors (Lipinski definition) is 3. The van der Waals surface area contributed by atoms with E-state index < -0.39 is 12.1 Å². The molecule has 0 aliphatic rings. The predicted molar refractivity (Wildman–Crippen MR) is 287 cm³/mol. The Labute approximate surface area is 413 Å². The molecule has 0 saturated heterocycles. The van der Waals surface area contributed by atoms with Gasteiger partial charge in [-0.1, -0.05) is 309 Å². The minimum Gasteiger partial charge on any atom is -0.466 e. The van der Waals surface area contributed by atoms with Crippen LogP contribution >= 0.6 is 0 Å². The van der Waals surface area contributed by atoms with Gasteiger partial charge in [0.25, 0.3) is 0 Å². The highest BCUT2D eigenvalue weighted by Crippen LogP contribution is 2.18. The number of esters is 1. The van der Waals surface area contributed by atoms with E-state index in [2.05, 4.69) is 19.2 Å². The number of amides is 1. The quantitative estimate of drug-likeness (QED) is 0.0417. The van der Waals surface area contributed by atoms with Gasteiger partial charge < -0.3 is 20.3 Å². The van der Waals surface area contributed by atoms with Crippen molar-refractivity contribution in [1.82, 2.24) is 5.32 Å². The highest BCUT2D eigenvalue weighted by atomic mass is 16.5. The first-order chi connectivity index (χ1) is 32.5. The van der Waals surface area contributed by atoms with E-state index in [1.165, 1.54) is 270 Å². The molecule has 2 atom stereocenters. The van der Waals surface area contributed by atoms with Crippen LogP contribution in [0.15, 0.2) is 0 Å². The maximum atomic E-state index is 12.5. The number of rotatable bonds is 57. The Balaban J connectivity index is 3.42. The average Bonchev–Trinajstić information content (AvgIpc) is 3.32. The van der Waals surface area contributed by atoms with Gasteiger partial charge in [0.2, 0.25) is 5.91 Å². The van der Waals surface area contributed by atoms with Gasteiger partial charge in [0.05, 0.1) is 25.4 Å². The summed E-state index contributed by atoms with van der Waals surface area (Å²) in [6.07, 6.45) is 65.2. The molecule has 0 heterocycles. The average molecular weight is 935 g/mol. The highest BCUT2D eigenvalue weighted by molar-refractivity contribution is 5.76. The smallest absolute Gasteiger partial charge is 0.305 e. The van der Waals surface area contributed by atoms with Gasteiger partial charge in [0.1, 0.15) is 0 Å². The Morgan fingerprint density at radius 3 is 0.924 bits per heavy atom. The normalized spacial score (nSPS) is 12.5. The van der Waals surface area contributed by atoms with Gasteiger partial charge in [-0.05, 0) is 25.7 Å². The van der Waals surface area contributed by atoms with Crippen LogP contribution in [0.25, 0.3) is 0 Å². The number of carbonyl (C=O) groups is 2. The zero-order valence-corrected chi connectivity index (χ0v) is 45.0. The molecule has 6 heteroatoms. The van der Waals surface area contributed by atoms with Crippen molar-refractivity contribution in [3.05, 3.63) is 0 Å². The molecule has 0 fully saturated rings. The van der Waals surface area contributed by atoms with Crippen molar-refractivity contribution < 1.29 is 24.5 Å². The van der Waals surface area contributed by atoms with Crippen LogP contribution in [0, 0.1) is 0 Å². The number of nitrogens with one attached hydrogen (secondary N) is 1. The second kappa shape index (κ2) is 56.4. The summed E-state index contributed by atoms with van der Waals surface area (Å²) in [6, 6.07) is -0.547. The van der Waals surface area contributed by atoms with E-state index in [1.54, 1.807) is 0 Å². The summed E-state index contributed by atoms with van der Waals surface area (Å²) in [5, 5.41) is 23.4. The zero-order valence-electron chi connectivity index (χ0n) is 45.0. The lowest BCUT2D eigenvalue weighted by atomic mass is 10.0. The molecule has 3 N–H and O–H groups in total. The first kappa shape index (κ1) is 64.9. The Morgan fingerprint density at radius 2 is 0.621 bits per heavy atom. The van der Waals surface area contributed by atoms with E-state index in [-0.39, 0.29) is 18.5 Å². The van der Waals surface area contributed by atoms with Crippen molar-refractivity contribution in [2.24, 2.45) is 0 Å². The molecule has 66 heavy (non-hydrogen) atoms. The highest BCUT2D eigenvalue weighted by Gasteiger charge is 2.20. The van der Waals surface area contributed by atoms with Gasteiger partial charge in [0.15, 0.2) is 0 Å². The molecule has 394 valence electrons. The van der Waals surface area contributed by atoms with Crippen LogP contribution in [0.3, 0.4) is 0 Å². The largest absolute Gasteiger partial charge is 0.466 e. The molecule has 0 aromatic heterocycles. The summed E-state index contributed by atoms with van der Waals surface area (Å²) < 4.78 is 5.47. The number of ether oxygens (including phenoxy) is 1. The van der Waals surface area contributed by atoms with Gasteiger partial charge in [-0.3, -0.25) is 9.59 Å². The summed E-state index contributed by atoms with van der Waals surface area (Å²) in [5.41, 5.74) is 0. The molecule has 0 aromatic rings. The van der Waals surface area contributed by atoms with Crippen LogP contribution in [0.4, 0.5) is 0 Å². The van der Waals surface area contributed by atoms with Crippen LogP contribution in [-0.4, -0.2) is 47.4 Å². The van der Waals surface area contributed by atoms with Crippen LogP contribution < -0.4 is 5.32 Å². The van der Waals surface area contributed by atoms with Gasteiger partial charge in [0, 0.05) is 12.8 Å². The third-order valence-corrected chi connectivity index (χ3v) is 14.4. The molecule has 0 bridgehead atoms. The Hall–Kier alpha value is -1.14. The second-order valence-corrected chi connectivity index (χ2v) is 21.1. The van der Waals surface area contributed by atoms with Crippen LogP contribution in [0.5, 0.6) is 0 Å². The Bertz CT molecular complexity index is 944. The molecule has 2 unspecified atom stereocenters. The summed E-state index contributed by atoms with van der Waals surface area (Å²) in [7, 11) is 0. The number of carbonyl (C=O) groups excluding carboxylic acids is 2. The van der Waals surface area contributed by atoms with E-state index >= 15 is 0 Å². The number of aliphatic hydroxyl groups excluding tert-OH is 2. The Kier molecular flexibility index (Phi) is 55.5. The predicted octanol–water partition coefficient (Wildman–Crippen LogP) is 18.7. The lowest BCUT2D eigenvalue weighted by Gasteiger charge is -2.22. The second-order valence-electron chi connectivity index (χ2n) is 21.1. The molecule has 6 nitrogen and oxygen atoms in total. The van der Waals surface area contributed by atoms with Crippen molar-refractivity contribution in [3.63, 3.8) is 0 Å². The molecule has 0 radical (unpaired) electrons. The summed E-state index contributed by atoms with van der Waals surface area (Å²) in [6.45, 7) is 4.97. The molecule has 0 saturated carbocycles. The Morgan fingerprint density at radius 1 is 0.364 bits per heavy atom. The summed E-state index contributed by atoms with van der Waals surface area (Å²) in [5.74, 6) is -0.0353. The van der Waals surface area contributed by atoms with Gasteiger partial charge in [-0.25, -0.2) is 0 Å². The van der Waals surface area contributed by atoms with E-state index in [1.807, 2.05) is 0 Å². The van der Waals surface area contributed by atoms with Crippen molar-refractivity contribution in [1.29, 1.82) is 0 Å². The van der Waals surface area contributed by atoms with Crippen molar-refractivity contribution in [3.8, 4) is 0 Å². The first-order valence-electron chi connectivity index (χ1n) is 30.3. The van der Waals surface area contributed by atoms with Crippen molar-refractivity contribution >= 4 is 11.9 Å². The molecule has 0 aromatic carbocycles. The zero-order chi connectivity index (χ0) is 47.9. The molecule has 1 amide bonds. The number of aliphatic hydroxyl groups is 2. The summed E-state index contributed by atoms with van der Waals surface area (Å²) in [4.78, 5) is 24.5. The minimum absolute atomic E-state index is 0.00359. The van der Waals surface area contributed by atoms with E-state index in [0.29, 0.717) is 25.9 Å². The van der Waals surface area contributed by atoms with Gasteiger partial charge in [-0.15, -0.1) is 0 Å². The van der Waals surface area contributed by atoms with E-state index in [0.717, 1.165) is 44.9 Å². The number of hydrogen-bond acceptors (Lipinski definition) is 5. The molecular formula is C60H119NO5. The molecule has 0 rings (SSSR count). The van der Waals surface area contributed by atoms with Crippen LogP contribution in [-0.2, 0) is 14.3 Å². The molecular weight excluding hydrogens is 815 g/mol. The third-order valence-electron chi connectivity index (χ3n) is 14.4. The van der Waals surface area contributed by atoms with Gasteiger partial charge >= 0.3 is 5.97 Å². The maximum absolute atomic E-state index is 12.5. The van der Waals surface area contributed by atoms with E-state index in [9.17, 15) is 19.8 Å². The monoisotopic (exact) mass is 934 g/mol. The van der Waals surface area contributed by atoms with Crippen molar-refractivity contribution in [2.45, 2.75) is 360 Å². The van der Waals surface area contributed by atoms with Gasteiger partial charge in [-0.2, -0.15) is 0 Å². The standard InChI is InChI=1S/C60H119NO5/c1-3-5-7-9-11-13-15-17-18-19-20-21-22-23-25-29-32-36-40-44-48-52-58(63)57(56-62)61-59(64)53-49-45-41-37-33-30-26-24-27-31-35-39-43-47-51-55-66-60(65)54-50-46-42-38-34-28-16-14-12-10-8-6-4-2/h57-58,62-63H,3-56H2,1-2H3,(H,61,64). The minimum atomic E-state index is -0.669.